The molecule has 0 bridgehead atoms. The number of hydrogen-bond acceptors (Lipinski definition) is 7. The highest BCUT2D eigenvalue weighted by Gasteiger charge is 2.29. The summed E-state index contributed by atoms with van der Waals surface area (Å²) in [4.78, 5) is 19.3. The van der Waals surface area contributed by atoms with Crippen molar-refractivity contribution in [3.05, 3.63) is 65.6 Å². The Bertz CT molecular complexity index is 1060. The predicted molar refractivity (Wildman–Crippen MR) is 112 cm³/mol. The molecule has 0 spiro atoms. The van der Waals surface area contributed by atoms with Crippen molar-refractivity contribution in [1.82, 2.24) is 15.0 Å². The summed E-state index contributed by atoms with van der Waals surface area (Å²) >= 11 is 0. The summed E-state index contributed by atoms with van der Waals surface area (Å²) in [6.45, 7) is 1.06. The molecular weight excluding hydrogens is 417 g/mol. The van der Waals surface area contributed by atoms with Crippen LogP contribution in [0.25, 0.3) is 0 Å². The van der Waals surface area contributed by atoms with E-state index in [1.807, 2.05) is 0 Å². The first-order valence-corrected chi connectivity index (χ1v) is 10.3. The lowest BCUT2D eigenvalue weighted by atomic mass is 9.96. The van der Waals surface area contributed by atoms with Crippen molar-refractivity contribution in [2.75, 3.05) is 27.3 Å². The molecule has 3 aromatic rings. The van der Waals surface area contributed by atoms with Gasteiger partial charge in [-0.1, -0.05) is 17.3 Å². The number of para-hydroxylation sites is 1. The minimum absolute atomic E-state index is 0.0348. The van der Waals surface area contributed by atoms with Crippen LogP contribution in [0.2, 0.25) is 0 Å². The smallest absolute Gasteiger partial charge is 0.264 e. The van der Waals surface area contributed by atoms with E-state index in [0.29, 0.717) is 36.0 Å². The normalized spacial score (nSPS) is 16.0. The Morgan fingerprint density at radius 3 is 2.66 bits per heavy atom. The molecule has 0 aliphatic carbocycles. The first-order chi connectivity index (χ1) is 15.6. The minimum atomic E-state index is -0.456. The second-order valence-electron chi connectivity index (χ2n) is 7.46. The molecule has 0 N–H and O–H groups in total. The van der Waals surface area contributed by atoms with Crippen LogP contribution in [0, 0.1) is 5.82 Å². The van der Waals surface area contributed by atoms with E-state index in [0.717, 1.165) is 12.8 Å². The largest absolute Gasteiger partial charge is 0.497 e. The van der Waals surface area contributed by atoms with Crippen LogP contribution in [-0.2, 0) is 6.61 Å². The number of methoxy groups -OCH3 is 2. The van der Waals surface area contributed by atoms with Gasteiger partial charge < -0.3 is 23.6 Å². The van der Waals surface area contributed by atoms with E-state index in [-0.39, 0.29) is 30.1 Å². The highest BCUT2D eigenvalue weighted by atomic mass is 19.1. The average Bonchev–Trinajstić information content (AvgIpc) is 3.32. The topological polar surface area (TPSA) is 86.9 Å². The Morgan fingerprint density at radius 2 is 1.94 bits per heavy atom. The number of benzene rings is 2. The Morgan fingerprint density at radius 1 is 1.19 bits per heavy atom. The number of carbonyl (C=O) groups excluding carboxylic acids is 1. The van der Waals surface area contributed by atoms with E-state index < -0.39 is 5.82 Å². The number of piperidine rings is 1. The Balaban J connectivity index is 1.42. The lowest BCUT2D eigenvalue weighted by Gasteiger charge is -2.31. The zero-order chi connectivity index (χ0) is 22.5. The van der Waals surface area contributed by atoms with E-state index in [1.165, 1.54) is 12.1 Å². The van der Waals surface area contributed by atoms with Gasteiger partial charge in [-0.2, -0.15) is 4.98 Å². The summed E-state index contributed by atoms with van der Waals surface area (Å²) in [5.41, 5.74) is 0.494. The van der Waals surface area contributed by atoms with Crippen molar-refractivity contribution in [3.63, 3.8) is 0 Å². The van der Waals surface area contributed by atoms with Crippen molar-refractivity contribution in [2.45, 2.75) is 25.4 Å². The van der Waals surface area contributed by atoms with Crippen molar-refractivity contribution in [2.24, 2.45) is 0 Å². The first kappa shape index (κ1) is 21.6. The monoisotopic (exact) mass is 441 g/mol. The van der Waals surface area contributed by atoms with Gasteiger partial charge in [0.25, 0.3) is 11.8 Å². The highest BCUT2D eigenvalue weighted by Crippen LogP contribution is 2.28. The molecule has 1 saturated heterocycles. The third-order valence-corrected chi connectivity index (χ3v) is 5.34. The molecule has 4 rings (SSSR count). The van der Waals surface area contributed by atoms with Gasteiger partial charge in [0.15, 0.2) is 24.0 Å². The maximum absolute atomic E-state index is 13.7. The number of ether oxygens (including phenoxy) is 3. The maximum atomic E-state index is 13.7. The van der Waals surface area contributed by atoms with E-state index >= 15 is 0 Å². The fraction of sp³-hybridized carbons (Fsp3) is 0.348. The zero-order valence-corrected chi connectivity index (χ0v) is 17.9. The van der Waals surface area contributed by atoms with E-state index in [4.69, 9.17) is 18.7 Å². The van der Waals surface area contributed by atoms with E-state index in [9.17, 15) is 9.18 Å². The third kappa shape index (κ3) is 4.82. The Kier molecular flexibility index (Phi) is 6.53. The van der Waals surface area contributed by atoms with Gasteiger partial charge in [0, 0.05) is 30.6 Å². The molecule has 1 aliphatic heterocycles. The lowest BCUT2D eigenvalue weighted by Crippen LogP contribution is -2.39. The number of aromatic nitrogens is 2. The molecule has 32 heavy (non-hydrogen) atoms. The molecular formula is C23H24FN3O5. The maximum Gasteiger partial charge on any atom is 0.264 e. The molecule has 0 radical (unpaired) electrons. The second kappa shape index (κ2) is 9.67. The molecule has 8 nitrogen and oxygen atoms in total. The molecule has 1 atom stereocenters. The van der Waals surface area contributed by atoms with Crippen LogP contribution in [0.3, 0.4) is 0 Å². The van der Waals surface area contributed by atoms with Crippen molar-refractivity contribution in [3.8, 4) is 17.2 Å². The molecule has 2 heterocycles. The molecule has 2 aromatic carbocycles. The Hall–Kier alpha value is -3.62. The summed E-state index contributed by atoms with van der Waals surface area (Å²) in [7, 11) is 3.09. The molecule has 1 fully saturated rings. The molecule has 9 heteroatoms. The SMILES string of the molecule is COc1cc(OC)cc(C(=O)N2CCCC(c3noc(COc4ccccc4F)n3)C2)c1. The zero-order valence-electron chi connectivity index (χ0n) is 17.9. The van der Waals surface area contributed by atoms with Crippen molar-refractivity contribution in [1.29, 1.82) is 0 Å². The highest BCUT2D eigenvalue weighted by molar-refractivity contribution is 5.95. The molecule has 1 unspecified atom stereocenters. The summed E-state index contributed by atoms with van der Waals surface area (Å²) in [5, 5.41) is 4.06. The Labute approximate surface area is 184 Å². The van der Waals surface area contributed by atoms with Gasteiger partial charge in [0.2, 0.25) is 0 Å². The van der Waals surface area contributed by atoms with Crippen LogP contribution in [0.1, 0.15) is 40.8 Å². The number of rotatable bonds is 7. The molecule has 168 valence electrons. The van der Waals surface area contributed by atoms with Crippen LogP contribution >= 0.6 is 0 Å². The summed E-state index contributed by atoms with van der Waals surface area (Å²) in [6.07, 6.45) is 1.64. The van der Waals surface area contributed by atoms with Gasteiger partial charge >= 0.3 is 0 Å². The number of halogens is 1. The van der Waals surface area contributed by atoms with E-state index in [1.54, 1.807) is 49.5 Å². The fourth-order valence-corrected chi connectivity index (χ4v) is 3.68. The number of likely N-dealkylation sites (tertiary alicyclic amines) is 1. The first-order valence-electron chi connectivity index (χ1n) is 10.3. The number of nitrogens with zero attached hydrogens (tertiary/aromatic N) is 3. The standard InChI is InChI=1S/C23H24FN3O5/c1-29-17-10-16(11-18(12-17)30-2)23(28)27-9-5-6-15(13-27)22-25-21(32-26-22)14-31-20-8-4-3-7-19(20)24/h3-4,7-8,10-12,15H,5-6,9,13-14H2,1-2H3. The predicted octanol–water partition coefficient (Wildman–Crippen LogP) is 3.82. The van der Waals surface area contributed by atoms with Gasteiger partial charge in [-0.05, 0) is 37.1 Å². The molecule has 1 amide bonds. The average molecular weight is 441 g/mol. The minimum Gasteiger partial charge on any atom is -0.497 e. The molecule has 0 saturated carbocycles. The van der Waals surface area contributed by atoms with Crippen molar-refractivity contribution < 1.29 is 27.9 Å². The summed E-state index contributed by atoms with van der Waals surface area (Å²) < 4.78 is 34.9. The quantitative estimate of drug-likeness (QED) is 0.551. The van der Waals surface area contributed by atoms with Crippen LogP contribution in [-0.4, -0.2) is 48.3 Å². The number of amides is 1. The van der Waals surface area contributed by atoms with Crippen LogP contribution in [0.5, 0.6) is 17.2 Å². The number of hydrogen-bond donors (Lipinski definition) is 0. The van der Waals surface area contributed by atoms with Crippen LogP contribution < -0.4 is 14.2 Å². The van der Waals surface area contributed by atoms with Gasteiger partial charge in [-0.15, -0.1) is 0 Å². The van der Waals surface area contributed by atoms with E-state index in [2.05, 4.69) is 10.1 Å². The summed E-state index contributed by atoms with van der Waals surface area (Å²) in [6, 6.07) is 11.2. The van der Waals surface area contributed by atoms with Gasteiger partial charge in [-0.3, -0.25) is 4.79 Å². The number of carbonyl (C=O) groups is 1. The third-order valence-electron chi connectivity index (χ3n) is 5.34. The molecule has 1 aliphatic rings. The van der Waals surface area contributed by atoms with Gasteiger partial charge in [-0.25, -0.2) is 4.39 Å². The van der Waals surface area contributed by atoms with Crippen molar-refractivity contribution >= 4 is 5.91 Å². The van der Waals surface area contributed by atoms with Crippen LogP contribution in [0.4, 0.5) is 4.39 Å². The van der Waals surface area contributed by atoms with Gasteiger partial charge in [0.1, 0.15) is 11.5 Å². The fourth-order valence-electron chi connectivity index (χ4n) is 3.68. The molecule has 1 aromatic heterocycles. The second-order valence-corrected chi connectivity index (χ2v) is 7.46. The summed E-state index contributed by atoms with van der Waals surface area (Å²) in [5.74, 6) is 1.36. The van der Waals surface area contributed by atoms with Crippen LogP contribution in [0.15, 0.2) is 47.0 Å². The van der Waals surface area contributed by atoms with Gasteiger partial charge in [0.05, 0.1) is 14.2 Å². The lowest BCUT2D eigenvalue weighted by molar-refractivity contribution is 0.0703.